The molecule has 1 unspecified atom stereocenters. The van der Waals surface area contributed by atoms with Crippen LogP contribution in [0.25, 0.3) is 10.2 Å². The number of carbonyl (C=O) groups excluding carboxylic acids is 2. The van der Waals surface area contributed by atoms with E-state index in [1.807, 2.05) is 6.07 Å². The SMILES string of the molecule is COC(=O)Cn1c(=NC(=O)C2COc3ccccc3O2)sc2cc3c(cc21)OCO3. The number of esters is 1. The molecule has 0 bridgehead atoms. The van der Waals surface area contributed by atoms with Crippen LogP contribution < -0.4 is 23.7 Å². The Morgan fingerprint density at radius 2 is 1.90 bits per heavy atom. The van der Waals surface area contributed by atoms with E-state index in [0.29, 0.717) is 33.3 Å². The van der Waals surface area contributed by atoms with Crippen LogP contribution in [0.2, 0.25) is 0 Å². The summed E-state index contributed by atoms with van der Waals surface area (Å²) in [6.45, 7) is 0.0875. The third-order valence-electron chi connectivity index (χ3n) is 4.68. The van der Waals surface area contributed by atoms with Crippen molar-refractivity contribution in [2.24, 2.45) is 4.99 Å². The Balaban J connectivity index is 1.54. The number of aromatic nitrogens is 1. The summed E-state index contributed by atoms with van der Waals surface area (Å²) in [7, 11) is 1.30. The molecule has 0 saturated heterocycles. The van der Waals surface area contributed by atoms with Gasteiger partial charge in [0.25, 0.3) is 5.91 Å². The fraction of sp³-hybridized carbons (Fsp3) is 0.250. The third-order valence-corrected chi connectivity index (χ3v) is 5.72. The van der Waals surface area contributed by atoms with Crippen LogP contribution >= 0.6 is 11.3 Å². The number of benzene rings is 2. The zero-order valence-electron chi connectivity index (χ0n) is 15.8. The van der Waals surface area contributed by atoms with Crippen molar-refractivity contribution in [1.82, 2.24) is 4.57 Å². The molecule has 154 valence electrons. The molecule has 0 fully saturated rings. The van der Waals surface area contributed by atoms with Gasteiger partial charge in [0.05, 0.1) is 17.3 Å². The molecule has 0 radical (unpaired) electrons. The van der Waals surface area contributed by atoms with Crippen LogP contribution in [0.5, 0.6) is 23.0 Å². The normalized spacial score (nSPS) is 17.2. The van der Waals surface area contributed by atoms with Crippen molar-refractivity contribution in [2.45, 2.75) is 12.6 Å². The number of thiazole rings is 1. The maximum absolute atomic E-state index is 12.8. The number of hydrogen-bond donors (Lipinski definition) is 0. The van der Waals surface area contributed by atoms with Crippen molar-refractivity contribution in [3.63, 3.8) is 0 Å². The minimum absolute atomic E-state index is 0.0528. The van der Waals surface area contributed by atoms with Crippen molar-refractivity contribution in [3.05, 3.63) is 41.2 Å². The molecule has 3 heterocycles. The highest BCUT2D eigenvalue weighted by Gasteiger charge is 2.27. The van der Waals surface area contributed by atoms with Gasteiger partial charge in [0.15, 0.2) is 27.8 Å². The number of ether oxygens (including phenoxy) is 5. The van der Waals surface area contributed by atoms with E-state index < -0.39 is 18.0 Å². The van der Waals surface area contributed by atoms with Crippen molar-refractivity contribution in [1.29, 1.82) is 0 Å². The Hall–Kier alpha value is -3.53. The summed E-state index contributed by atoms with van der Waals surface area (Å²) in [5.74, 6) is 1.27. The average molecular weight is 428 g/mol. The van der Waals surface area contributed by atoms with E-state index >= 15 is 0 Å². The van der Waals surface area contributed by atoms with Gasteiger partial charge in [-0.05, 0) is 12.1 Å². The highest BCUT2D eigenvalue weighted by molar-refractivity contribution is 7.16. The van der Waals surface area contributed by atoms with Crippen molar-refractivity contribution in [3.8, 4) is 23.0 Å². The largest absolute Gasteiger partial charge is 0.485 e. The monoisotopic (exact) mass is 428 g/mol. The number of fused-ring (bicyclic) bond motifs is 3. The number of rotatable bonds is 3. The first-order chi connectivity index (χ1) is 14.6. The van der Waals surface area contributed by atoms with Crippen molar-refractivity contribution < 1.29 is 33.3 Å². The predicted octanol–water partition coefficient (Wildman–Crippen LogP) is 1.87. The maximum atomic E-state index is 12.8. The maximum Gasteiger partial charge on any atom is 0.325 e. The van der Waals surface area contributed by atoms with Crippen molar-refractivity contribution >= 4 is 33.4 Å². The lowest BCUT2D eigenvalue weighted by Crippen LogP contribution is -2.37. The first-order valence-corrected chi connectivity index (χ1v) is 9.91. The van der Waals surface area contributed by atoms with Gasteiger partial charge in [-0.3, -0.25) is 9.59 Å². The standard InChI is InChI=1S/C20H16N2O7S/c1-25-18(23)8-22-11-6-14-15(28-10-27-14)7-17(11)30-20(22)21-19(24)16-9-26-12-4-2-3-5-13(12)29-16/h2-7,16H,8-10H2,1H3. The van der Waals surface area contributed by atoms with Crippen LogP contribution in [0.4, 0.5) is 0 Å². The topological polar surface area (TPSA) is 97.6 Å². The molecule has 1 aromatic heterocycles. The first-order valence-electron chi connectivity index (χ1n) is 9.09. The molecule has 2 aliphatic rings. The van der Waals surface area contributed by atoms with Crippen LogP contribution in [-0.2, 0) is 20.9 Å². The average Bonchev–Trinajstić information content (AvgIpc) is 3.35. The molecule has 2 aromatic carbocycles. The van der Waals surface area contributed by atoms with Gasteiger partial charge in [-0.15, -0.1) is 0 Å². The van der Waals surface area contributed by atoms with Crippen molar-refractivity contribution in [2.75, 3.05) is 20.5 Å². The third kappa shape index (κ3) is 3.24. The van der Waals surface area contributed by atoms with Gasteiger partial charge in [0.2, 0.25) is 12.9 Å². The molecule has 1 atom stereocenters. The van der Waals surface area contributed by atoms with E-state index in [9.17, 15) is 9.59 Å². The summed E-state index contributed by atoms with van der Waals surface area (Å²) >= 11 is 1.26. The van der Waals surface area contributed by atoms with E-state index in [1.54, 1.807) is 34.9 Å². The molecule has 1 amide bonds. The van der Waals surface area contributed by atoms with Gasteiger partial charge in [-0.2, -0.15) is 4.99 Å². The zero-order chi connectivity index (χ0) is 20.7. The predicted molar refractivity (Wildman–Crippen MR) is 105 cm³/mol. The van der Waals surface area contributed by atoms with Gasteiger partial charge >= 0.3 is 5.97 Å². The van der Waals surface area contributed by atoms with E-state index in [1.165, 1.54) is 18.4 Å². The highest BCUT2D eigenvalue weighted by atomic mass is 32.1. The number of methoxy groups -OCH3 is 1. The molecule has 9 nitrogen and oxygen atoms in total. The van der Waals surface area contributed by atoms with Gasteiger partial charge in [-0.1, -0.05) is 23.5 Å². The molecule has 0 aliphatic carbocycles. The second-order valence-corrected chi connectivity index (χ2v) is 7.54. The number of nitrogens with zero attached hydrogens (tertiary/aromatic N) is 2. The van der Waals surface area contributed by atoms with Crippen LogP contribution in [0.15, 0.2) is 41.4 Å². The molecular formula is C20H16N2O7S. The fourth-order valence-corrected chi connectivity index (χ4v) is 4.24. The van der Waals surface area contributed by atoms with E-state index in [4.69, 9.17) is 23.7 Å². The molecule has 5 rings (SSSR count). The summed E-state index contributed by atoms with van der Waals surface area (Å²) in [5, 5.41) is 0. The lowest BCUT2D eigenvalue weighted by atomic mass is 10.2. The molecular weight excluding hydrogens is 412 g/mol. The Labute approximate surface area is 174 Å². The number of hydrogen-bond acceptors (Lipinski definition) is 8. The second kappa shape index (κ2) is 7.38. The molecule has 0 spiro atoms. The quantitative estimate of drug-likeness (QED) is 0.588. The van der Waals surface area contributed by atoms with E-state index in [0.717, 1.165) is 4.70 Å². The minimum Gasteiger partial charge on any atom is -0.485 e. The lowest BCUT2D eigenvalue weighted by molar-refractivity contribution is -0.141. The molecule has 3 aromatic rings. The first kappa shape index (κ1) is 18.5. The number of carbonyl (C=O) groups is 2. The van der Waals surface area contributed by atoms with Crippen LogP contribution in [0, 0.1) is 0 Å². The smallest absolute Gasteiger partial charge is 0.325 e. The van der Waals surface area contributed by atoms with E-state index in [-0.39, 0.29) is 19.9 Å². The lowest BCUT2D eigenvalue weighted by Gasteiger charge is -2.23. The highest BCUT2D eigenvalue weighted by Crippen LogP contribution is 2.37. The molecule has 0 saturated carbocycles. The summed E-state index contributed by atoms with van der Waals surface area (Å²) in [5.41, 5.74) is 0.687. The Morgan fingerprint density at radius 3 is 2.70 bits per heavy atom. The van der Waals surface area contributed by atoms with Crippen LogP contribution in [0.3, 0.4) is 0 Å². The van der Waals surface area contributed by atoms with Gasteiger partial charge in [0, 0.05) is 12.1 Å². The summed E-state index contributed by atoms with van der Waals surface area (Å²) in [4.78, 5) is 29.4. The number of amides is 1. The van der Waals surface area contributed by atoms with Gasteiger partial charge in [-0.25, -0.2) is 0 Å². The van der Waals surface area contributed by atoms with Crippen LogP contribution in [0.1, 0.15) is 0 Å². The Bertz CT molecular complexity index is 1230. The Kier molecular flexibility index (Phi) is 4.55. The number of para-hydroxylation sites is 2. The minimum atomic E-state index is -0.881. The zero-order valence-corrected chi connectivity index (χ0v) is 16.6. The second-order valence-electron chi connectivity index (χ2n) is 6.53. The summed E-state index contributed by atoms with van der Waals surface area (Å²) in [6, 6.07) is 10.7. The molecule has 30 heavy (non-hydrogen) atoms. The molecule has 0 N–H and O–H groups in total. The van der Waals surface area contributed by atoms with E-state index in [2.05, 4.69) is 4.99 Å². The molecule has 2 aliphatic heterocycles. The fourth-order valence-electron chi connectivity index (χ4n) is 3.20. The summed E-state index contributed by atoms with van der Waals surface area (Å²) < 4.78 is 29.4. The van der Waals surface area contributed by atoms with Crippen LogP contribution in [-0.4, -0.2) is 43.1 Å². The van der Waals surface area contributed by atoms with Gasteiger partial charge < -0.3 is 28.3 Å². The molecule has 10 heteroatoms. The van der Waals surface area contributed by atoms with Gasteiger partial charge in [0.1, 0.15) is 13.2 Å². The Morgan fingerprint density at radius 1 is 1.13 bits per heavy atom. The summed E-state index contributed by atoms with van der Waals surface area (Å²) in [6.07, 6.45) is -0.881.